The Morgan fingerprint density at radius 3 is 2.41 bits per heavy atom. The number of carbonyl (C=O) groups excluding carboxylic acids is 2. The molecule has 6 rings (SSSR count). The van der Waals surface area contributed by atoms with Crippen LogP contribution in [0, 0.1) is 6.92 Å². The molecule has 0 spiro atoms. The van der Waals surface area contributed by atoms with E-state index in [1.807, 2.05) is 53.4 Å². The highest BCUT2D eigenvalue weighted by Crippen LogP contribution is 2.42. The van der Waals surface area contributed by atoms with E-state index >= 15 is 0 Å². The molecule has 0 aromatic heterocycles. The molecule has 2 heterocycles. The Balaban J connectivity index is 1.13. The SMILES string of the molecule is Cc1ccc(CN2C(=O)/C(=C\c3ccc(C(=O)N4CCN(c5cccc(Cl)c5)CC4)cc3)SC3CCCCC32)cc1. The standard InChI is InChI=1S/C34H36ClN3O2S/c1-24-9-11-26(12-10-24)23-38-30-7-2-3-8-31(30)41-32(34(38)40)21-25-13-15-27(16-14-25)33(39)37-19-17-36(18-20-37)29-6-4-5-28(35)22-29/h4-6,9-16,21-22,30-31H,2-3,7-8,17-20,23H2,1H3/b32-21+. The van der Waals surface area contributed by atoms with Crippen LogP contribution in [-0.2, 0) is 11.3 Å². The van der Waals surface area contributed by atoms with E-state index < -0.39 is 0 Å². The Morgan fingerprint density at radius 2 is 1.68 bits per heavy atom. The first-order chi connectivity index (χ1) is 19.9. The molecular weight excluding hydrogens is 550 g/mol. The predicted octanol–water partition coefficient (Wildman–Crippen LogP) is 7.04. The largest absolute Gasteiger partial charge is 0.368 e. The van der Waals surface area contributed by atoms with Gasteiger partial charge >= 0.3 is 0 Å². The molecule has 3 aromatic carbocycles. The van der Waals surface area contributed by atoms with Gasteiger partial charge in [0.05, 0.1) is 4.91 Å². The maximum absolute atomic E-state index is 13.8. The summed E-state index contributed by atoms with van der Waals surface area (Å²) in [5.41, 5.74) is 5.13. The molecule has 5 nitrogen and oxygen atoms in total. The van der Waals surface area contributed by atoms with E-state index in [9.17, 15) is 9.59 Å². The Labute approximate surface area is 252 Å². The van der Waals surface area contributed by atoms with Crippen LogP contribution < -0.4 is 4.90 Å². The zero-order valence-electron chi connectivity index (χ0n) is 23.5. The second kappa shape index (κ2) is 12.3. The van der Waals surface area contributed by atoms with Gasteiger partial charge in [-0.1, -0.05) is 72.5 Å². The van der Waals surface area contributed by atoms with Crippen molar-refractivity contribution in [3.8, 4) is 0 Å². The molecule has 212 valence electrons. The first-order valence-corrected chi connectivity index (χ1v) is 15.8. The van der Waals surface area contributed by atoms with Crippen molar-refractivity contribution in [2.45, 2.75) is 50.4 Å². The van der Waals surface area contributed by atoms with Crippen molar-refractivity contribution in [3.63, 3.8) is 0 Å². The van der Waals surface area contributed by atoms with E-state index in [1.165, 1.54) is 24.0 Å². The minimum absolute atomic E-state index is 0.0485. The van der Waals surface area contributed by atoms with Gasteiger partial charge in [-0.25, -0.2) is 0 Å². The molecule has 0 radical (unpaired) electrons. The van der Waals surface area contributed by atoms with E-state index in [0.29, 0.717) is 36.5 Å². The van der Waals surface area contributed by atoms with Gasteiger partial charge < -0.3 is 14.7 Å². The maximum Gasteiger partial charge on any atom is 0.260 e. The van der Waals surface area contributed by atoms with Crippen molar-refractivity contribution in [2.24, 2.45) is 0 Å². The monoisotopic (exact) mass is 585 g/mol. The van der Waals surface area contributed by atoms with Crippen molar-refractivity contribution >= 4 is 46.9 Å². The second-order valence-electron chi connectivity index (χ2n) is 11.3. The van der Waals surface area contributed by atoms with Gasteiger partial charge in [0.15, 0.2) is 0 Å². The van der Waals surface area contributed by atoms with Gasteiger partial charge in [0, 0.05) is 60.3 Å². The van der Waals surface area contributed by atoms with Gasteiger partial charge in [-0.2, -0.15) is 0 Å². The Kier molecular flexibility index (Phi) is 8.40. The summed E-state index contributed by atoms with van der Waals surface area (Å²) >= 11 is 7.91. The first-order valence-electron chi connectivity index (χ1n) is 14.6. The third-order valence-corrected chi connectivity index (χ3v) is 10.1. The number of piperazine rings is 1. The summed E-state index contributed by atoms with van der Waals surface area (Å²) in [5, 5.41) is 1.16. The molecule has 2 aliphatic heterocycles. The Morgan fingerprint density at radius 1 is 0.951 bits per heavy atom. The van der Waals surface area contributed by atoms with Crippen LogP contribution in [0.5, 0.6) is 0 Å². The van der Waals surface area contributed by atoms with Crippen molar-refractivity contribution in [3.05, 3.63) is 105 Å². The van der Waals surface area contributed by atoms with Crippen molar-refractivity contribution in [1.29, 1.82) is 0 Å². The molecule has 2 amide bonds. The van der Waals surface area contributed by atoms with Crippen LogP contribution >= 0.6 is 23.4 Å². The minimum atomic E-state index is 0.0485. The smallest absolute Gasteiger partial charge is 0.260 e. The van der Waals surface area contributed by atoms with E-state index in [0.717, 1.165) is 47.1 Å². The zero-order valence-corrected chi connectivity index (χ0v) is 25.0. The van der Waals surface area contributed by atoms with Gasteiger partial charge in [-0.05, 0) is 67.3 Å². The number of halogens is 1. The molecule has 0 N–H and O–H groups in total. The number of anilines is 1. The average Bonchev–Trinajstić information content (AvgIpc) is 3.00. The first kappa shape index (κ1) is 27.9. The van der Waals surface area contributed by atoms with Gasteiger partial charge in [0.2, 0.25) is 0 Å². The van der Waals surface area contributed by atoms with Crippen LogP contribution in [0.4, 0.5) is 5.69 Å². The van der Waals surface area contributed by atoms with Gasteiger partial charge in [-0.3, -0.25) is 9.59 Å². The van der Waals surface area contributed by atoms with Crippen LogP contribution in [0.1, 0.15) is 52.7 Å². The fraction of sp³-hybridized carbons (Fsp3) is 0.353. The highest BCUT2D eigenvalue weighted by atomic mass is 35.5. The number of rotatable bonds is 5. The third-order valence-electron chi connectivity index (χ3n) is 8.49. The highest BCUT2D eigenvalue weighted by molar-refractivity contribution is 8.04. The summed E-state index contributed by atoms with van der Waals surface area (Å²) in [7, 11) is 0. The van der Waals surface area contributed by atoms with E-state index in [-0.39, 0.29) is 11.8 Å². The molecule has 7 heteroatoms. The summed E-state index contributed by atoms with van der Waals surface area (Å²) in [4.78, 5) is 34.1. The lowest BCUT2D eigenvalue weighted by Gasteiger charge is -2.44. The summed E-state index contributed by atoms with van der Waals surface area (Å²) in [5.74, 6) is 0.170. The lowest BCUT2D eigenvalue weighted by molar-refractivity contribution is -0.130. The number of thioether (sulfide) groups is 1. The van der Waals surface area contributed by atoms with Crippen molar-refractivity contribution < 1.29 is 9.59 Å². The number of hydrogen-bond donors (Lipinski definition) is 0. The van der Waals surface area contributed by atoms with Crippen LogP contribution in [-0.4, -0.2) is 59.1 Å². The van der Waals surface area contributed by atoms with Crippen LogP contribution in [0.3, 0.4) is 0 Å². The van der Waals surface area contributed by atoms with E-state index in [1.54, 1.807) is 11.8 Å². The van der Waals surface area contributed by atoms with Gasteiger partial charge in [-0.15, -0.1) is 11.8 Å². The summed E-state index contributed by atoms with van der Waals surface area (Å²) in [6, 6.07) is 24.4. The molecule has 41 heavy (non-hydrogen) atoms. The quantitative estimate of drug-likeness (QED) is 0.301. The van der Waals surface area contributed by atoms with Crippen LogP contribution in [0.25, 0.3) is 6.08 Å². The number of amides is 2. The molecule has 3 aliphatic rings. The number of hydrogen-bond acceptors (Lipinski definition) is 4. The van der Waals surface area contributed by atoms with E-state index in [2.05, 4.69) is 47.1 Å². The fourth-order valence-corrected chi connectivity index (χ4v) is 7.81. The minimum Gasteiger partial charge on any atom is -0.368 e. The molecule has 2 saturated heterocycles. The lowest BCUT2D eigenvalue weighted by atomic mass is 9.92. The third kappa shape index (κ3) is 6.34. The Hall–Kier alpha value is -3.22. The highest BCUT2D eigenvalue weighted by Gasteiger charge is 2.40. The fourth-order valence-electron chi connectivity index (χ4n) is 6.15. The summed E-state index contributed by atoms with van der Waals surface area (Å²) in [6.07, 6.45) is 6.63. The molecule has 1 saturated carbocycles. The molecule has 3 fully saturated rings. The number of carbonyl (C=O) groups is 2. The Bertz CT molecular complexity index is 1430. The summed E-state index contributed by atoms with van der Waals surface area (Å²) < 4.78 is 0. The molecule has 0 bridgehead atoms. The molecule has 3 aromatic rings. The van der Waals surface area contributed by atoms with Gasteiger partial charge in [0.25, 0.3) is 11.8 Å². The molecule has 1 aliphatic carbocycles. The van der Waals surface area contributed by atoms with Crippen LogP contribution in [0.15, 0.2) is 77.7 Å². The van der Waals surface area contributed by atoms with Crippen molar-refractivity contribution in [2.75, 3.05) is 31.1 Å². The number of aryl methyl sites for hydroxylation is 1. The maximum atomic E-state index is 13.8. The van der Waals surface area contributed by atoms with Crippen molar-refractivity contribution in [1.82, 2.24) is 9.80 Å². The average molecular weight is 586 g/mol. The molecular formula is C34H36ClN3O2S. The number of nitrogens with zero attached hydrogens (tertiary/aromatic N) is 3. The lowest BCUT2D eigenvalue weighted by Crippen LogP contribution is -2.50. The number of benzene rings is 3. The second-order valence-corrected chi connectivity index (χ2v) is 13.0. The normalized spacial score (nSPS) is 22.1. The topological polar surface area (TPSA) is 43.9 Å². The van der Waals surface area contributed by atoms with Crippen LogP contribution in [0.2, 0.25) is 5.02 Å². The van der Waals surface area contributed by atoms with Gasteiger partial charge in [0.1, 0.15) is 0 Å². The molecule has 2 atom stereocenters. The zero-order chi connectivity index (χ0) is 28.3. The van der Waals surface area contributed by atoms with E-state index in [4.69, 9.17) is 11.6 Å². The number of fused-ring (bicyclic) bond motifs is 1. The molecule has 2 unspecified atom stereocenters. The summed E-state index contributed by atoms with van der Waals surface area (Å²) in [6.45, 7) is 5.62. The predicted molar refractivity (Wildman–Crippen MR) is 169 cm³/mol.